The largest absolute Gasteiger partial charge is 0.462 e. The van der Waals surface area contributed by atoms with Crippen molar-refractivity contribution < 1.29 is 9.53 Å². The Morgan fingerprint density at radius 1 is 0.679 bits per heavy atom. The monoisotopic (exact) mass is 396 g/mol. The molecule has 0 saturated carbocycles. The van der Waals surface area contributed by atoms with Crippen molar-refractivity contribution in [1.29, 1.82) is 0 Å². The SMILES string of the molecule is CCCCCCCCCC(CCCCCCC)OC(=O)CCCCC(C)(C)C. The Kier molecular flexibility index (Phi) is 18.1. The van der Waals surface area contributed by atoms with Gasteiger partial charge in [0.05, 0.1) is 0 Å². The number of hydrogen-bond donors (Lipinski definition) is 0. The molecule has 0 aliphatic rings. The third kappa shape index (κ3) is 20.2. The normalized spacial score (nSPS) is 12.9. The highest BCUT2D eigenvalue weighted by Crippen LogP contribution is 2.22. The molecule has 0 rings (SSSR count). The molecule has 0 heterocycles. The number of rotatable bonds is 19. The van der Waals surface area contributed by atoms with Gasteiger partial charge in [0.1, 0.15) is 6.10 Å². The van der Waals surface area contributed by atoms with Crippen molar-refractivity contribution in [3.05, 3.63) is 0 Å². The zero-order chi connectivity index (χ0) is 21.1. The van der Waals surface area contributed by atoms with E-state index in [1.807, 2.05) is 0 Å². The minimum atomic E-state index is 0.0374. The highest BCUT2D eigenvalue weighted by Gasteiger charge is 2.15. The lowest BCUT2D eigenvalue weighted by atomic mass is 9.89. The smallest absolute Gasteiger partial charge is 0.306 e. The molecule has 0 radical (unpaired) electrons. The van der Waals surface area contributed by atoms with E-state index in [0.717, 1.165) is 25.7 Å². The molecule has 0 aromatic heterocycles. The second-order valence-corrected chi connectivity index (χ2v) is 9.99. The zero-order valence-electron chi connectivity index (χ0n) is 20.1. The van der Waals surface area contributed by atoms with Gasteiger partial charge >= 0.3 is 5.97 Å². The van der Waals surface area contributed by atoms with Crippen molar-refractivity contribution in [2.24, 2.45) is 5.41 Å². The Balaban J connectivity index is 4.07. The average Bonchev–Trinajstić information content (AvgIpc) is 2.63. The van der Waals surface area contributed by atoms with Crippen molar-refractivity contribution in [3.8, 4) is 0 Å². The van der Waals surface area contributed by atoms with Crippen LogP contribution in [-0.2, 0) is 9.53 Å². The molecule has 0 aliphatic carbocycles. The van der Waals surface area contributed by atoms with E-state index in [0.29, 0.717) is 11.8 Å². The second-order valence-electron chi connectivity index (χ2n) is 9.99. The van der Waals surface area contributed by atoms with Crippen LogP contribution in [0.5, 0.6) is 0 Å². The summed E-state index contributed by atoms with van der Waals surface area (Å²) in [6, 6.07) is 0. The molecule has 2 nitrogen and oxygen atoms in total. The van der Waals surface area contributed by atoms with Crippen LogP contribution < -0.4 is 0 Å². The molecule has 0 spiro atoms. The first kappa shape index (κ1) is 27.5. The molecule has 0 N–H and O–H groups in total. The van der Waals surface area contributed by atoms with Gasteiger partial charge in [-0.3, -0.25) is 4.79 Å². The van der Waals surface area contributed by atoms with Gasteiger partial charge in [-0.2, -0.15) is 0 Å². The van der Waals surface area contributed by atoms with E-state index in [-0.39, 0.29) is 12.1 Å². The molecule has 168 valence electrons. The van der Waals surface area contributed by atoms with Gasteiger partial charge in [-0.1, -0.05) is 105 Å². The third-order valence-electron chi connectivity index (χ3n) is 5.62. The summed E-state index contributed by atoms with van der Waals surface area (Å²) in [5.74, 6) is 0.0374. The van der Waals surface area contributed by atoms with Crippen LogP contribution in [0, 0.1) is 5.41 Å². The first-order valence-corrected chi connectivity index (χ1v) is 12.6. The summed E-state index contributed by atoms with van der Waals surface area (Å²) in [5, 5.41) is 0. The minimum Gasteiger partial charge on any atom is -0.462 e. The summed E-state index contributed by atoms with van der Waals surface area (Å²) in [7, 11) is 0. The maximum atomic E-state index is 12.3. The molecule has 0 saturated heterocycles. The molecule has 0 aromatic rings. The summed E-state index contributed by atoms with van der Waals surface area (Å²) in [6.07, 6.45) is 21.8. The minimum absolute atomic E-state index is 0.0374. The lowest BCUT2D eigenvalue weighted by Gasteiger charge is -2.19. The van der Waals surface area contributed by atoms with E-state index >= 15 is 0 Å². The zero-order valence-corrected chi connectivity index (χ0v) is 20.1. The van der Waals surface area contributed by atoms with Crippen LogP contribution in [0.1, 0.15) is 150 Å². The maximum absolute atomic E-state index is 12.3. The number of ether oxygens (including phenoxy) is 1. The maximum Gasteiger partial charge on any atom is 0.306 e. The van der Waals surface area contributed by atoms with Crippen LogP contribution in [0.15, 0.2) is 0 Å². The van der Waals surface area contributed by atoms with Gasteiger partial charge in [-0.15, -0.1) is 0 Å². The highest BCUT2D eigenvalue weighted by atomic mass is 16.5. The molecule has 1 atom stereocenters. The fourth-order valence-corrected chi connectivity index (χ4v) is 3.74. The van der Waals surface area contributed by atoms with E-state index < -0.39 is 0 Å². The first-order valence-electron chi connectivity index (χ1n) is 12.6. The van der Waals surface area contributed by atoms with Crippen molar-refractivity contribution in [3.63, 3.8) is 0 Å². The standard InChI is InChI=1S/C26H52O2/c1-6-8-10-12-13-15-17-21-24(20-16-14-11-9-7-2)28-25(27)22-18-19-23-26(3,4)5/h24H,6-23H2,1-5H3. The van der Waals surface area contributed by atoms with E-state index in [9.17, 15) is 4.79 Å². The molecule has 1 unspecified atom stereocenters. The Morgan fingerprint density at radius 2 is 1.14 bits per heavy atom. The lowest BCUT2D eigenvalue weighted by Crippen LogP contribution is -2.18. The molecule has 0 amide bonds. The Morgan fingerprint density at radius 3 is 1.61 bits per heavy atom. The molecule has 2 heteroatoms. The predicted octanol–water partition coefficient (Wildman–Crippen LogP) is 9.01. The van der Waals surface area contributed by atoms with Crippen LogP contribution in [0.3, 0.4) is 0 Å². The van der Waals surface area contributed by atoms with Crippen LogP contribution >= 0.6 is 0 Å². The van der Waals surface area contributed by atoms with Gasteiger partial charge in [-0.05, 0) is 43.9 Å². The number of esters is 1. The fraction of sp³-hybridized carbons (Fsp3) is 0.962. The first-order chi connectivity index (χ1) is 13.4. The highest BCUT2D eigenvalue weighted by molar-refractivity contribution is 5.69. The third-order valence-corrected chi connectivity index (χ3v) is 5.62. The van der Waals surface area contributed by atoms with Gasteiger partial charge in [0, 0.05) is 6.42 Å². The Hall–Kier alpha value is -0.530. The molecule has 0 aromatic carbocycles. The van der Waals surface area contributed by atoms with Crippen molar-refractivity contribution in [1.82, 2.24) is 0 Å². The second kappa shape index (κ2) is 18.5. The van der Waals surface area contributed by atoms with Gasteiger partial charge in [0.25, 0.3) is 0 Å². The van der Waals surface area contributed by atoms with Gasteiger partial charge < -0.3 is 4.74 Å². The van der Waals surface area contributed by atoms with E-state index in [4.69, 9.17) is 4.74 Å². The average molecular weight is 397 g/mol. The number of carbonyl (C=O) groups is 1. The van der Waals surface area contributed by atoms with Crippen molar-refractivity contribution in [2.75, 3.05) is 0 Å². The van der Waals surface area contributed by atoms with Crippen LogP contribution in [0.4, 0.5) is 0 Å². The topological polar surface area (TPSA) is 26.3 Å². The Labute approximate surface area is 177 Å². The van der Waals surface area contributed by atoms with Crippen LogP contribution in [-0.4, -0.2) is 12.1 Å². The number of unbranched alkanes of at least 4 members (excludes halogenated alkanes) is 11. The van der Waals surface area contributed by atoms with Crippen molar-refractivity contribution in [2.45, 2.75) is 156 Å². The molecular weight excluding hydrogens is 344 g/mol. The summed E-state index contributed by atoms with van der Waals surface area (Å²) in [4.78, 5) is 12.3. The summed E-state index contributed by atoms with van der Waals surface area (Å²) < 4.78 is 5.90. The van der Waals surface area contributed by atoms with Gasteiger partial charge in [0.2, 0.25) is 0 Å². The van der Waals surface area contributed by atoms with Crippen LogP contribution in [0.25, 0.3) is 0 Å². The van der Waals surface area contributed by atoms with Crippen LogP contribution in [0.2, 0.25) is 0 Å². The quantitative estimate of drug-likeness (QED) is 0.161. The summed E-state index contributed by atoms with van der Waals surface area (Å²) >= 11 is 0. The van der Waals surface area contributed by atoms with E-state index in [1.165, 1.54) is 83.5 Å². The van der Waals surface area contributed by atoms with E-state index in [1.54, 1.807) is 0 Å². The Bertz CT molecular complexity index is 343. The predicted molar refractivity (Wildman–Crippen MR) is 124 cm³/mol. The van der Waals surface area contributed by atoms with Crippen molar-refractivity contribution >= 4 is 5.97 Å². The molecule has 0 aliphatic heterocycles. The summed E-state index contributed by atoms with van der Waals surface area (Å²) in [6.45, 7) is 11.3. The van der Waals surface area contributed by atoms with Gasteiger partial charge in [-0.25, -0.2) is 0 Å². The molecule has 0 bridgehead atoms. The van der Waals surface area contributed by atoms with Gasteiger partial charge in [0.15, 0.2) is 0 Å². The number of carbonyl (C=O) groups excluding carboxylic acids is 1. The molecule has 28 heavy (non-hydrogen) atoms. The molecular formula is C26H52O2. The summed E-state index contributed by atoms with van der Waals surface area (Å²) in [5.41, 5.74) is 0.363. The fourth-order valence-electron chi connectivity index (χ4n) is 3.74. The molecule has 0 fully saturated rings. The van der Waals surface area contributed by atoms with E-state index in [2.05, 4.69) is 34.6 Å². The number of hydrogen-bond acceptors (Lipinski definition) is 2. The lowest BCUT2D eigenvalue weighted by molar-refractivity contribution is -0.150.